The number of nitrogens with zero attached hydrogens (tertiary/aromatic N) is 3. The Morgan fingerprint density at radius 1 is 1.35 bits per heavy atom. The summed E-state index contributed by atoms with van der Waals surface area (Å²) in [5.41, 5.74) is 8.30. The molecule has 1 aliphatic heterocycles. The standard InChI is InChI=1S/C14H26N4O2/c1-10-14(15)11(2)18(16-10)8-13(20)7-17-6-4-3-5-12(17)9-19/h12-13,19-20H,3-9,15H2,1-2H3. The van der Waals surface area contributed by atoms with Gasteiger partial charge in [0.2, 0.25) is 0 Å². The van der Waals surface area contributed by atoms with Crippen molar-refractivity contribution in [2.75, 3.05) is 25.4 Å². The van der Waals surface area contributed by atoms with Crippen LogP contribution in [0.5, 0.6) is 0 Å². The molecule has 2 unspecified atom stereocenters. The summed E-state index contributed by atoms with van der Waals surface area (Å²) in [5.74, 6) is 0. The summed E-state index contributed by atoms with van der Waals surface area (Å²) in [6.07, 6.45) is 2.80. The molecule has 0 bridgehead atoms. The molecule has 0 aliphatic carbocycles. The molecule has 1 aliphatic rings. The van der Waals surface area contributed by atoms with Crippen LogP contribution in [0.1, 0.15) is 30.7 Å². The maximum absolute atomic E-state index is 10.3. The Labute approximate surface area is 120 Å². The van der Waals surface area contributed by atoms with E-state index in [1.54, 1.807) is 4.68 Å². The molecule has 2 heterocycles. The number of hydrogen-bond donors (Lipinski definition) is 3. The topological polar surface area (TPSA) is 87.5 Å². The Morgan fingerprint density at radius 2 is 2.10 bits per heavy atom. The molecule has 0 amide bonds. The molecule has 20 heavy (non-hydrogen) atoms. The Kier molecular flexibility index (Phi) is 5.01. The van der Waals surface area contributed by atoms with Crippen molar-refractivity contribution < 1.29 is 10.2 Å². The lowest BCUT2D eigenvalue weighted by Crippen LogP contribution is -2.46. The zero-order valence-electron chi connectivity index (χ0n) is 12.4. The Hall–Kier alpha value is -1.11. The van der Waals surface area contributed by atoms with Crippen molar-refractivity contribution in [3.05, 3.63) is 11.4 Å². The number of β-amino-alcohol motifs (C(OH)–C–C–N with tert-alkyl or cyclic N) is 1. The van der Waals surface area contributed by atoms with Crippen LogP contribution in [0.3, 0.4) is 0 Å². The second-order valence-corrected chi connectivity index (χ2v) is 5.75. The summed E-state index contributed by atoms with van der Waals surface area (Å²) in [6.45, 7) is 5.92. The minimum Gasteiger partial charge on any atom is -0.396 e. The average Bonchev–Trinajstić information content (AvgIpc) is 2.67. The van der Waals surface area contributed by atoms with Crippen LogP contribution >= 0.6 is 0 Å². The lowest BCUT2D eigenvalue weighted by Gasteiger charge is -2.35. The summed E-state index contributed by atoms with van der Waals surface area (Å²) in [4.78, 5) is 2.18. The minimum absolute atomic E-state index is 0.166. The molecular formula is C14H26N4O2. The number of anilines is 1. The molecule has 0 saturated carbocycles. The van der Waals surface area contributed by atoms with Crippen molar-refractivity contribution in [2.24, 2.45) is 0 Å². The minimum atomic E-state index is -0.500. The second kappa shape index (κ2) is 6.56. The number of hydrogen-bond acceptors (Lipinski definition) is 5. The number of aliphatic hydroxyl groups excluding tert-OH is 2. The molecule has 2 atom stereocenters. The zero-order valence-corrected chi connectivity index (χ0v) is 12.4. The summed E-state index contributed by atoms with van der Waals surface area (Å²) in [5, 5.41) is 24.0. The van der Waals surface area contributed by atoms with E-state index in [4.69, 9.17) is 5.73 Å². The molecule has 4 N–H and O–H groups in total. The SMILES string of the molecule is Cc1nn(CC(O)CN2CCCCC2CO)c(C)c1N. The van der Waals surface area contributed by atoms with E-state index < -0.39 is 6.10 Å². The summed E-state index contributed by atoms with van der Waals surface area (Å²) in [6, 6.07) is 0.184. The third-order valence-corrected chi connectivity index (χ3v) is 4.23. The first-order valence-electron chi connectivity index (χ1n) is 7.35. The predicted molar refractivity (Wildman–Crippen MR) is 78.4 cm³/mol. The Morgan fingerprint density at radius 3 is 2.70 bits per heavy atom. The largest absolute Gasteiger partial charge is 0.396 e. The summed E-state index contributed by atoms with van der Waals surface area (Å²) in [7, 11) is 0. The van der Waals surface area contributed by atoms with Gasteiger partial charge in [0.05, 0.1) is 36.3 Å². The Bertz CT molecular complexity index is 447. The lowest BCUT2D eigenvalue weighted by molar-refractivity contribution is 0.0345. The van der Waals surface area contributed by atoms with Crippen molar-refractivity contribution in [2.45, 2.75) is 51.8 Å². The summed E-state index contributed by atoms with van der Waals surface area (Å²) < 4.78 is 1.77. The van der Waals surface area contributed by atoms with Crippen LogP contribution < -0.4 is 5.73 Å². The number of rotatable bonds is 5. The number of nitrogens with two attached hydrogens (primary N) is 1. The number of aryl methyl sites for hydroxylation is 1. The van der Waals surface area contributed by atoms with Crippen LogP contribution in [0.2, 0.25) is 0 Å². The highest BCUT2D eigenvalue weighted by Gasteiger charge is 2.24. The van der Waals surface area contributed by atoms with Crippen LogP contribution in [-0.4, -0.2) is 56.7 Å². The van der Waals surface area contributed by atoms with E-state index in [1.807, 2.05) is 13.8 Å². The molecule has 0 aromatic carbocycles. The molecule has 0 spiro atoms. The van der Waals surface area contributed by atoms with Gasteiger partial charge in [-0.1, -0.05) is 6.42 Å². The Balaban J connectivity index is 1.94. The first-order chi connectivity index (χ1) is 9.52. The van der Waals surface area contributed by atoms with E-state index in [9.17, 15) is 10.2 Å². The van der Waals surface area contributed by atoms with Crippen LogP contribution in [-0.2, 0) is 6.54 Å². The van der Waals surface area contributed by atoms with Crippen molar-refractivity contribution in [1.29, 1.82) is 0 Å². The molecule has 6 heteroatoms. The van der Waals surface area contributed by atoms with Crippen LogP contribution in [0.15, 0.2) is 0 Å². The number of aromatic nitrogens is 2. The van der Waals surface area contributed by atoms with Gasteiger partial charge in [-0.3, -0.25) is 9.58 Å². The highest BCUT2D eigenvalue weighted by molar-refractivity contribution is 5.46. The van der Waals surface area contributed by atoms with E-state index in [-0.39, 0.29) is 12.6 Å². The van der Waals surface area contributed by atoms with E-state index in [0.29, 0.717) is 18.8 Å². The maximum atomic E-state index is 10.3. The van der Waals surface area contributed by atoms with Crippen molar-refractivity contribution in [3.8, 4) is 0 Å². The number of piperidine rings is 1. The summed E-state index contributed by atoms with van der Waals surface area (Å²) >= 11 is 0. The van der Waals surface area contributed by atoms with Gasteiger partial charge in [-0.2, -0.15) is 5.10 Å². The number of likely N-dealkylation sites (tertiary alicyclic amines) is 1. The number of aliphatic hydroxyl groups is 2. The third-order valence-electron chi connectivity index (χ3n) is 4.23. The highest BCUT2D eigenvalue weighted by Crippen LogP contribution is 2.18. The molecule has 6 nitrogen and oxygen atoms in total. The third kappa shape index (κ3) is 3.31. The average molecular weight is 282 g/mol. The molecule has 1 aromatic rings. The second-order valence-electron chi connectivity index (χ2n) is 5.75. The van der Waals surface area contributed by atoms with Gasteiger partial charge in [-0.15, -0.1) is 0 Å². The normalized spacial score (nSPS) is 22.1. The van der Waals surface area contributed by atoms with Crippen molar-refractivity contribution in [3.63, 3.8) is 0 Å². The van der Waals surface area contributed by atoms with Crippen LogP contribution in [0.25, 0.3) is 0 Å². The highest BCUT2D eigenvalue weighted by atomic mass is 16.3. The van der Waals surface area contributed by atoms with Gasteiger partial charge in [-0.25, -0.2) is 0 Å². The van der Waals surface area contributed by atoms with Gasteiger partial charge in [0.15, 0.2) is 0 Å². The van der Waals surface area contributed by atoms with E-state index >= 15 is 0 Å². The van der Waals surface area contributed by atoms with Crippen molar-refractivity contribution >= 4 is 5.69 Å². The quantitative estimate of drug-likeness (QED) is 0.722. The first-order valence-corrected chi connectivity index (χ1v) is 7.35. The van der Waals surface area contributed by atoms with Gasteiger partial charge in [0.1, 0.15) is 0 Å². The molecule has 2 rings (SSSR count). The lowest BCUT2D eigenvalue weighted by atomic mass is 10.0. The molecule has 1 fully saturated rings. The fourth-order valence-electron chi connectivity index (χ4n) is 2.92. The maximum Gasteiger partial charge on any atom is 0.0862 e. The van der Waals surface area contributed by atoms with Gasteiger partial charge >= 0.3 is 0 Å². The van der Waals surface area contributed by atoms with E-state index in [0.717, 1.165) is 37.2 Å². The zero-order chi connectivity index (χ0) is 14.7. The van der Waals surface area contributed by atoms with Crippen LogP contribution in [0, 0.1) is 13.8 Å². The van der Waals surface area contributed by atoms with Crippen LogP contribution in [0.4, 0.5) is 5.69 Å². The smallest absolute Gasteiger partial charge is 0.0862 e. The first kappa shape index (κ1) is 15.3. The fraction of sp³-hybridized carbons (Fsp3) is 0.786. The van der Waals surface area contributed by atoms with Gasteiger partial charge in [0.25, 0.3) is 0 Å². The molecule has 114 valence electrons. The molecule has 0 radical (unpaired) electrons. The van der Waals surface area contributed by atoms with Gasteiger partial charge < -0.3 is 15.9 Å². The fourth-order valence-corrected chi connectivity index (χ4v) is 2.92. The number of nitrogen functional groups attached to an aromatic ring is 1. The van der Waals surface area contributed by atoms with Gasteiger partial charge in [-0.05, 0) is 33.2 Å². The van der Waals surface area contributed by atoms with E-state index in [2.05, 4.69) is 10.00 Å². The molecular weight excluding hydrogens is 256 g/mol. The molecule has 1 aromatic heterocycles. The molecule has 1 saturated heterocycles. The monoisotopic (exact) mass is 282 g/mol. The van der Waals surface area contributed by atoms with Gasteiger partial charge in [0, 0.05) is 12.6 Å². The predicted octanol–water partition coefficient (Wildman–Crippen LogP) is 0.290. The van der Waals surface area contributed by atoms with Crippen molar-refractivity contribution in [1.82, 2.24) is 14.7 Å². The van der Waals surface area contributed by atoms with E-state index in [1.165, 1.54) is 0 Å².